The van der Waals surface area contributed by atoms with E-state index in [2.05, 4.69) is 11.4 Å². The number of hydrogen-bond acceptors (Lipinski definition) is 3. The van der Waals surface area contributed by atoms with Crippen molar-refractivity contribution in [2.24, 2.45) is 5.41 Å². The van der Waals surface area contributed by atoms with Crippen LogP contribution in [0.2, 0.25) is 0 Å². The molecule has 0 aromatic carbocycles. The highest BCUT2D eigenvalue weighted by Crippen LogP contribution is 2.23. The first kappa shape index (κ1) is 14.8. The van der Waals surface area contributed by atoms with Crippen molar-refractivity contribution < 1.29 is 9.53 Å². The molecule has 0 fully saturated rings. The minimum Gasteiger partial charge on any atom is -0.444 e. The monoisotopic (exact) mass is 226 g/mol. The van der Waals surface area contributed by atoms with Crippen LogP contribution in [0.1, 0.15) is 47.5 Å². The molecule has 0 radical (unpaired) electrons. The SMILES string of the molecule is CC(C)(CC#N)CCNC(=O)OC(C)(C)C. The number of nitrogens with zero attached hydrogens (tertiary/aromatic N) is 1. The maximum atomic E-state index is 11.3. The van der Waals surface area contributed by atoms with Gasteiger partial charge in [0.1, 0.15) is 5.60 Å². The lowest BCUT2D eigenvalue weighted by atomic mass is 9.86. The highest BCUT2D eigenvalue weighted by atomic mass is 16.6. The van der Waals surface area contributed by atoms with Gasteiger partial charge in [0.15, 0.2) is 0 Å². The van der Waals surface area contributed by atoms with Gasteiger partial charge >= 0.3 is 6.09 Å². The number of ether oxygens (including phenoxy) is 1. The van der Waals surface area contributed by atoms with E-state index < -0.39 is 11.7 Å². The molecule has 0 aliphatic heterocycles. The first-order chi connectivity index (χ1) is 7.16. The van der Waals surface area contributed by atoms with E-state index in [9.17, 15) is 4.79 Å². The topological polar surface area (TPSA) is 62.1 Å². The smallest absolute Gasteiger partial charge is 0.407 e. The van der Waals surface area contributed by atoms with Crippen LogP contribution < -0.4 is 5.32 Å². The summed E-state index contributed by atoms with van der Waals surface area (Å²) < 4.78 is 5.10. The minimum atomic E-state index is -0.466. The summed E-state index contributed by atoms with van der Waals surface area (Å²) in [6.07, 6.45) is 0.850. The Bertz CT molecular complexity index is 272. The van der Waals surface area contributed by atoms with Gasteiger partial charge in [-0.15, -0.1) is 0 Å². The maximum absolute atomic E-state index is 11.3. The highest BCUT2D eigenvalue weighted by Gasteiger charge is 2.19. The van der Waals surface area contributed by atoms with E-state index in [1.165, 1.54) is 0 Å². The zero-order valence-corrected chi connectivity index (χ0v) is 10.9. The average Bonchev–Trinajstić information content (AvgIpc) is 1.99. The van der Waals surface area contributed by atoms with Crippen LogP contribution in [0.5, 0.6) is 0 Å². The first-order valence-corrected chi connectivity index (χ1v) is 5.50. The second kappa shape index (κ2) is 5.74. The maximum Gasteiger partial charge on any atom is 0.407 e. The number of nitrogens with one attached hydrogen (secondary N) is 1. The van der Waals surface area contributed by atoms with Gasteiger partial charge < -0.3 is 10.1 Å². The Morgan fingerprint density at radius 2 is 1.88 bits per heavy atom. The van der Waals surface area contributed by atoms with Gasteiger partial charge in [0.25, 0.3) is 0 Å². The normalized spacial score (nSPS) is 11.8. The van der Waals surface area contributed by atoms with Gasteiger partial charge in [-0.1, -0.05) is 13.8 Å². The molecule has 0 saturated heterocycles. The van der Waals surface area contributed by atoms with E-state index in [4.69, 9.17) is 10.00 Å². The summed E-state index contributed by atoms with van der Waals surface area (Å²) in [5, 5.41) is 11.3. The summed E-state index contributed by atoms with van der Waals surface area (Å²) in [5.41, 5.74) is -0.532. The number of amides is 1. The molecule has 16 heavy (non-hydrogen) atoms. The van der Waals surface area contributed by atoms with Crippen molar-refractivity contribution in [1.82, 2.24) is 5.32 Å². The van der Waals surface area contributed by atoms with Crippen LogP contribution in [-0.2, 0) is 4.74 Å². The quantitative estimate of drug-likeness (QED) is 0.801. The van der Waals surface area contributed by atoms with E-state index >= 15 is 0 Å². The fraction of sp³-hybridized carbons (Fsp3) is 0.833. The van der Waals surface area contributed by atoms with Crippen molar-refractivity contribution in [3.8, 4) is 6.07 Å². The Hall–Kier alpha value is -1.24. The third-order valence-corrected chi connectivity index (χ3v) is 2.03. The van der Waals surface area contributed by atoms with Crippen molar-refractivity contribution >= 4 is 6.09 Å². The molecule has 1 amide bonds. The van der Waals surface area contributed by atoms with Crippen LogP contribution in [-0.4, -0.2) is 18.2 Å². The van der Waals surface area contributed by atoms with E-state index in [0.29, 0.717) is 13.0 Å². The van der Waals surface area contributed by atoms with Crippen molar-refractivity contribution in [1.29, 1.82) is 5.26 Å². The predicted octanol–water partition coefficient (Wildman–Crippen LogP) is 2.84. The summed E-state index contributed by atoms with van der Waals surface area (Å²) in [6, 6.07) is 2.14. The average molecular weight is 226 g/mol. The Morgan fingerprint density at radius 1 is 1.31 bits per heavy atom. The summed E-state index contributed by atoms with van der Waals surface area (Å²) >= 11 is 0. The Kier molecular flexibility index (Phi) is 5.29. The molecule has 0 bridgehead atoms. The van der Waals surface area contributed by atoms with Gasteiger partial charge in [-0.2, -0.15) is 5.26 Å². The number of alkyl carbamates (subject to hydrolysis) is 1. The van der Waals surface area contributed by atoms with Crippen LogP contribution in [0.15, 0.2) is 0 Å². The van der Waals surface area contributed by atoms with Gasteiger partial charge in [0, 0.05) is 13.0 Å². The Labute approximate surface area is 98.0 Å². The van der Waals surface area contributed by atoms with E-state index in [0.717, 1.165) is 6.42 Å². The summed E-state index contributed by atoms with van der Waals surface area (Å²) in [7, 11) is 0. The number of hydrogen-bond donors (Lipinski definition) is 1. The number of carbonyl (C=O) groups is 1. The molecule has 4 heteroatoms. The van der Waals surface area contributed by atoms with Crippen LogP contribution in [0.3, 0.4) is 0 Å². The van der Waals surface area contributed by atoms with E-state index in [1.54, 1.807) is 0 Å². The summed E-state index contributed by atoms with van der Waals surface area (Å²) in [4.78, 5) is 11.3. The molecule has 0 aliphatic rings. The van der Waals surface area contributed by atoms with Gasteiger partial charge in [0.2, 0.25) is 0 Å². The lowest BCUT2D eigenvalue weighted by Gasteiger charge is -2.23. The van der Waals surface area contributed by atoms with Gasteiger partial charge in [-0.3, -0.25) is 0 Å². The first-order valence-electron chi connectivity index (χ1n) is 5.50. The van der Waals surface area contributed by atoms with Crippen molar-refractivity contribution in [3.63, 3.8) is 0 Å². The van der Waals surface area contributed by atoms with E-state index in [-0.39, 0.29) is 5.41 Å². The molecular weight excluding hydrogens is 204 g/mol. The summed E-state index contributed by atoms with van der Waals surface area (Å²) in [5.74, 6) is 0. The van der Waals surface area contributed by atoms with Gasteiger partial charge in [-0.05, 0) is 32.6 Å². The van der Waals surface area contributed by atoms with E-state index in [1.807, 2.05) is 34.6 Å². The molecule has 0 atom stereocenters. The minimum absolute atomic E-state index is 0.0657. The van der Waals surface area contributed by atoms with Crippen LogP contribution in [0, 0.1) is 16.7 Å². The largest absolute Gasteiger partial charge is 0.444 e. The molecule has 0 aliphatic carbocycles. The molecular formula is C12H22N2O2. The zero-order valence-electron chi connectivity index (χ0n) is 10.9. The lowest BCUT2D eigenvalue weighted by Crippen LogP contribution is -2.34. The third-order valence-electron chi connectivity index (χ3n) is 2.03. The molecule has 0 aromatic rings. The number of nitriles is 1. The Balaban J connectivity index is 3.83. The number of rotatable bonds is 4. The predicted molar refractivity (Wildman–Crippen MR) is 62.9 cm³/mol. The van der Waals surface area contributed by atoms with Crippen molar-refractivity contribution in [2.45, 2.75) is 53.1 Å². The van der Waals surface area contributed by atoms with Crippen molar-refractivity contribution in [2.75, 3.05) is 6.54 Å². The summed E-state index contributed by atoms with van der Waals surface area (Å²) in [6.45, 7) is 10.0. The molecule has 1 N–H and O–H groups in total. The molecule has 0 saturated carbocycles. The van der Waals surface area contributed by atoms with Crippen LogP contribution in [0.25, 0.3) is 0 Å². The van der Waals surface area contributed by atoms with Crippen LogP contribution >= 0.6 is 0 Å². The van der Waals surface area contributed by atoms with Gasteiger partial charge in [0.05, 0.1) is 6.07 Å². The fourth-order valence-electron chi connectivity index (χ4n) is 1.12. The lowest BCUT2D eigenvalue weighted by molar-refractivity contribution is 0.0522. The second-order valence-electron chi connectivity index (χ2n) is 5.68. The van der Waals surface area contributed by atoms with Crippen molar-refractivity contribution in [3.05, 3.63) is 0 Å². The molecule has 4 nitrogen and oxygen atoms in total. The number of carbonyl (C=O) groups excluding carboxylic acids is 1. The molecule has 0 heterocycles. The molecule has 0 aromatic heterocycles. The molecule has 0 unspecified atom stereocenters. The third kappa shape index (κ3) is 8.10. The highest BCUT2D eigenvalue weighted by molar-refractivity contribution is 5.67. The Morgan fingerprint density at radius 3 is 2.31 bits per heavy atom. The zero-order chi connectivity index (χ0) is 12.8. The second-order valence-corrected chi connectivity index (χ2v) is 5.68. The fourth-order valence-corrected chi connectivity index (χ4v) is 1.12. The van der Waals surface area contributed by atoms with Gasteiger partial charge in [-0.25, -0.2) is 4.79 Å². The standard InChI is InChI=1S/C12H22N2O2/c1-11(2,3)16-10(15)14-9-7-12(4,5)6-8-13/h6-7,9H2,1-5H3,(H,14,15). The van der Waals surface area contributed by atoms with Crippen LogP contribution in [0.4, 0.5) is 4.79 Å². The molecule has 0 spiro atoms. The molecule has 92 valence electrons. The molecule has 0 rings (SSSR count).